The molecule has 0 atom stereocenters. The predicted octanol–water partition coefficient (Wildman–Crippen LogP) is 4.85. The van der Waals surface area contributed by atoms with Gasteiger partial charge in [-0.05, 0) is 48.5 Å². The van der Waals surface area contributed by atoms with Crippen molar-refractivity contribution in [2.45, 2.75) is 6.42 Å². The molecule has 0 saturated carbocycles. The van der Waals surface area contributed by atoms with Gasteiger partial charge in [-0.3, -0.25) is 4.79 Å². The van der Waals surface area contributed by atoms with Crippen LogP contribution < -0.4 is 20.1 Å². The third kappa shape index (κ3) is 5.51. The number of nitrogens with one attached hydrogen (secondary N) is 2. The summed E-state index contributed by atoms with van der Waals surface area (Å²) < 4.78 is 10.8. The molecule has 2 N–H and O–H groups in total. The van der Waals surface area contributed by atoms with Crippen LogP contribution in [0.3, 0.4) is 0 Å². The van der Waals surface area contributed by atoms with Gasteiger partial charge in [0.25, 0.3) is 0 Å². The Labute approximate surface area is 158 Å². The highest BCUT2D eigenvalue weighted by Crippen LogP contribution is 2.25. The summed E-state index contributed by atoms with van der Waals surface area (Å²) in [5, 5.41) is 6.17. The van der Waals surface area contributed by atoms with Crippen molar-refractivity contribution in [2.75, 3.05) is 24.4 Å². The zero-order chi connectivity index (χ0) is 18.9. The SMILES string of the molecule is COc1ccccc1OCCC(=O)Nc1ccc(Nc2ccccc2)cc1. The number of para-hydroxylation sites is 3. The van der Waals surface area contributed by atoms with Crippen molar-refractivity contribution >= 4 is 23.0 Å². The minimum Gasteiger partial charge on any atom is -0.493 e. The summed E-state index contributed by atoms with van der Waals surface area (Å²) in [5.74, 6) is 1.18. The second kappa shape index (κ2) is 9.29. The van der Waals surface area contributed by atoms with E-state index in [0.29, 0.717) is 11.5 Å². The van der Waals surface area contributed by atoms with Crippen LogP contribution in [0, 0.1) is 0 Å². The van der Waals surface area contributed by atoms with Crippen molar-refractivity contribution < 1.29 is 14.3 Å². The first-order valence-electron chi connectivity index (χ1n) is 8.72. The Morgan fingerprint density at radius 1 is 0.778 bits per heavy atom. The van der Waals surface area contributed by atoms with Gasteiger partial charge in [0.2, 0.25) is 5.91 Å². The van der Waals surface area contributed by atoms with Crippen LogP contribution in [0.5, 0.6) is 11.5 Å². The van der Waals surface area contributed by atoms with Gasteiger partial charge >= 0.3 is 0 Å². The molecule has 138 valence electrons. The number of carbonyl (C=O) groups excluding carboxylic acids is 1. The fourth-order valence-electron chi connectivity index (χ4n) is 2.54. The standard InChI is InChI=1S/C22H22N2O3/c1-26-20-9-5-6-10-21(20)27-16-15-22(25)24-19-13-11-18(12-14-19)23-17-7-3-2-4-8-17/h2-14,23H,15-16H2,1H3,(H,24,25). The lowest BCUT2D eigenvalue weighted by molar-refractivity contribution is -0.116. The van der Waals surface area contributed by atoms with Gasteiger partial charge in [-0.1, -0.05) is 30.3 Å². The Bertz CT molecular complexity index is 864. The molecule has 0 fully saturated rings. The van der Waals surface area contributed by atoms with Crippen LogP contribution in [0.25, 0.3) is 0 Å². The summed E-state index contributed by atoms with van der Waals surface area (Å²) in [7, 11) is 1.59. The first-order chi connectivity index (χ1) is 13.2. The molecule has 0 saturated heterocycles. The Morgan fingerprint density at radius 2 is 1.37 bits per heavy atom. The number of hydrogen-bond donors (Lipinski definition) is 2. The zero-order valence-electron chi connectivity index (χ0n) is 15.1. The van der Waals surface area contributed by atoms with Gasteiger partial charge in [-0.2, -0.15) is 0 Å². The average Bonchev–Trinajstić information content (AvgIpc) is 2.71. The van der Waals surface area contributed by atoms with E-state index in [1.165, 1.54) is 0 Å². The van der Waals surface area contributed by atoms with E-state index < -0.39 is 0 Å². The van der Waals surface area contributed by atoms with Gasteiger partial charge < -0.3 is 20.1 Å². The maximum absolute atomic E-state index is 12.1. The van der Waals surface area contributed by atoms with Crippen LogP contribution in [0.1, 0.15) is 6.42 Å². The van der Waals surface area contributed by atoms with Crippen molar-refractivity contribution in [3.63, 3.8) is 0 Å². The summed E-state index contributed by atoms with van der Waals surface area (Å²) in [6.45, 7) is 0.278. The second-order valence-corrected chi connectivity index (χ2v) is 5.87. The summed E-state index contributed by atoms with van der Waals surface area (Å²) in [5.41, 5.74) is 2.72. The number of hydrogen-bond acceptors (Lipinski definition) is 4. The topological polar surface area (TPSA) is 59.6 Å². The lowest BCUT2D eigenvalue weighted by Crippen LogP contribution is -2.15. The minimum absolute atomic E-state index is 0.103. The largest absolute Gasteiger partial charge is 0.493 e. The van der Waals surface area contributed by atoms with Crippen LogP contribution in [0.4, 0.5) is 17.1 Å². The van der Waals surface area contributed by atoms with E-state index in [9.17, 15) is 4.79 Å². The van der Waals surface area contributed by atoms with E-state index in [-0.39, 0.29) is 18.9 Å². The first kappa shape index (κ1) is 18.3. The highest BCUT2D eigenvalue weighted by Gasteiger charge is 2.06. The highest BCUT2D eigenvalue weighted by atomic mass is 16.5. The minimum atomic E-state index is -0.103. The van der Waals surface area contributed by atoms with E-state index in [0.717, 1.165) is 17.1 Å². The van der Waals surface area contributed by atoms with E-state index in [2.05, 4.69) is 10.6 Å². The second-order valence-electron chi connectivity index (χ2n) is 5.87. The number of anilines is 3. The van der Waals surface area contributed by atoms with E-state index >= 15 is 0 Å². The molecule has 0 bridgehead atoms. The predicted molar refractivity (Wildman–Crippen MR) is 108 cm³/mol. The van der Waals surface area contributed by atoms with Crippen LogP contribution in [-0.4, -0.2) is 19.6 Å². The van der Waals surface area contributed by atoms with E-state index in [1.54, 1.807) is 7.11 Å². The Balaban J connectivity index is 1.46. The van der Waals surface area contributed by atoms with Crippen LogP contribution in [0.15, 0.2) is 78.9 Å². The molecule has 5 nitrogen and oxygen atoms in total. The molecule has 0 radical (unpaired) electrons. The number of amides is 1. The van der Waals surface area contributed by atoms with Crippen molar-refractivity contribution in [1.82, 2.24) is 0 Å². The maximum Gasteiger partial charge on any atom is 0.227 e. The number of ether oxygens (including phenoxy) is 2. The van der Waals surface area contributed by atoms with Crippen molar-refractivity contribution in [3.8, 4) is 11.5 Å². The molecular weight excluding hydrogens is 340 g/mol. The van der Waals surface area contributed by atoms with Gasteiger partial charge in [0.15, 0.2) is 11.5 Å². The van der Waals surface area contributed by atoms with E-state index in [4.69, 9.17) is 9.47 Å². The number of rotatable bonds is 8. The molecule has 27 heavy (non-hydrogen) atoms. The molecule has 0 aliphatic carbocycles. The zero-order valence-corrected chi connectivity index (χ0v) is 15.1. The Kier molecular flexibility index (Phi) is 6.30. The molecule has 0 spiro atoms. The Morgan fingerprint density at radius 3 is 2.07 bits per heavy atom. The van der Waals surface area contributed by atoms with Crippen molar-refractivity contribution in [1.29, 1.82) is 0 Å². The van der Waals surface area contributed by atoms with Gasteiger partial charge in [-0.15, -0.1) is 0 Å². The van der Waals surface area contributed by atoms with Crippen molar-refractivity contribution in [3.05, 3.63) is 78.9 Å². The van der Waals surface area contributed by atoms with Crippen molar-refractivity contribution in [2.24, 2.45) is 0 Å². The summed E-state index contributed by atoms with van der Waals surface area (Å²) in [4.78, 5) is 12.1. The lowest BCUT2D eigenvalue weighted by atomic mass is 10.2. The van der Waals surface area contributed by atoms with Crippen LogP contribution in [0.2, 0.25) is 0 Å². The molecule has 0 unspecified atom stereocenters. The quantitative estimate of drug-likeness (QED) is 0.602. The average molecular weight is 362 g/mol. The number of benzene rings is 3. The third-order valence-corrected chi connectivity index (χ3v) is 3.89. The molecule has 0 aromatic heterocycles. The lowest BCUT2D eigenvalue weighted by Gasteiger charge is -2.11. The van der Waals surface area contributed by atoms with Gasteiger partial charge in [0.05, 0.1) is 20.1 Å². The normalized spacial score (nSPS) is 10.1. The van der Waals surface area contributed by atoms with Crippen LogP contribution >= 0.6 is 0 Å². The maximum atomic E-state index is 12.1. The molecule has 5 heteroatoms. The summed E-state index contributed by atoms with van der Waals surface area (Å²) in [6.07, 6.45) is 0.252. The van der Waals surface area contributed by atoms with Gasteiger partial charge in [-0.25, -0.2) is 0 Å². The summed E-state index contributed by atoms with van der Waals surface area (Å²) >= 11 is 0. The fraction of sp³-hybridized carbons (Fsp3) is 0.136. The van der Waals surface area contributed by atoms with Gasteiger partial charge in [0.1, 0.15) is 0 Å². The molecule has 0 heterocycles. The van der Waals surface area contributed by atoms with Gasteiger partial charge in [0, 0.05) is 17.1 Å². The molecule has 3 aromatic rings. The number of carbonyl (C=O) groups is 1. The molecule has 0 aliphatic heterocycles. The molecular formula is C22H22N2O3. The smallest absolute Gasteiger partial charge is 0.227 e. The molecule has 0 aliphatic rings. The monoisotopic (exact) mass is 362 g/mol. The third-order valence-electron chi connectivity index (χ3n) is 3.89. The van der Waals surface area contributed by atoms with E-state index in [1.807, 2.05) is 78.9 Å². The highest BCUT2D eigenvalue weighted by molar-refractivity contribution is 5.91. The van der Waals surface area contributed by atoms with Crippen LogP contribution in [-0.2, 0) is 4.79 Å². The fourth-order valence-corrected chi connectivity index (χ4v) is 2.54. The molecule has 1 amide bonds. The Hall–Kier alpha value is -3.47. The molecule has 3 rings (SSSR count). The molecule has 3 aromatic carbocycles. The summed E-state index contributed by atoms with van der Waals surface area (Å²) in [6, 6.07) is 24.9. The number of methoxy groups -OCH3 is 1. The first-order valence-corrected chi connectivity index (χ1v) is 8.72.